The molecule has 0 saturated carbocycles. The Morgan fingerprint density at radius 2 is 1.90 bits per heavy atom. The van der Waals surface area contributed by atoms with E-state index in [0.717, 1.165) is 47.4 Å². The van der Waals surface area contributed by atoms with Crippen LogP contribution in [0.4, 0.5) is 5.69 Å². The molecule has 30 heavy (non-hydrogen) atoms. The van der Waals surface area contributed by atoms with Gasteiger partial charge in [-0.25, -0.2) is 4.98 Å². The molecule has 1 aliphatic heterocycles. The number of furan rings is 1. The standard InChI is InChI=1S/C23H18N2O4S/c24-19-18-13-4-1-2-5-14(13)20(16-6-3-9-27-16)25-23(18)30-22(19)21(26)12-7-8-15-17(10-12)29-11-28-15/h3,6-10H,1-2,4-5,11,24H2. The second-order valence-corrected chi connectivity index (χ2v) is 8.52. The quantitative estimate of drug-likeness (QED) is 0.472. The minimum absolute atomic E-state index is 0.127. The molecule has 0 unspecified atom stereocenters. The van der Waals surface area contributed by atoms with E-state index in [-0.39, 0.29) is 12.6 Å². The molecule has 150 valence electrons. The Labute approximate surface area is 176 Å². The number of carbonyl (C=O) groups excluding carboxylic acids is 1. The third-order valence-electron chi connectivity index (χ3n) is 5.79. The summed E-state index contributed by atoms with van der Waals surface area (Å²) in [7, 11) is 0. The van der Waals surface area contributed by atoms with Gasteiger partial charge < -0.3 is 19.6 Å². The number of hydrogen-bond donors (Lipinski definition) is 1. The van der Waals surface area contributed by atoms with Gasteiger partial charge in [-0.05, 0) is 67.1 Å². The van der Waals surface area contributed by atoms with Gasteiger partial charge in [0.15, 0.2) is 17.3 Å². The average molecular weight is 418 g/mol. The van der Waals surface area contributed by atoms with Gasteiger partial charge in [-0.15, -0.1) is 11.3 Å². The molecule has 0 amide bonds. The number of fused-ring (bicyclic) bond motifs is 4. The molecule has 1 aliphatic carbocycles. The smallest absolute Gasteiger partial charge is 0.231 e. The Morgan fingerprint density at radius 1 is 1.07 bits per heavy atom. The summed E-state index contributed by atoms with van der Waals surface area (Å²) in [6.07, 6.45) is 5.74. The number of nitrogen functional groups attached to an aromatic ring is 1. The summed E-state index contributed by atoms with van der Waals surface area (Å²) in [5.74, 6) is 1.86. The highest BCUT2D eigenvalue weighted by Gasteiger charge is 2.27. The zero-order valence-corrected chi connectivity index (χ0v) is 16.9. The number of nitrogens with two attached hydrogens (primary N) is 1. The minimum Gasteiger partial charge on any atom is -0.463 e. The summed E-state index contributed by atoms with van der Waals surface area (Å²) in [5.41, 5.74) is 10.9. The van der Waals surface area contributed by atoms with Gasteiger partial charge in [0.2, 0.25) is 12.6 Å². The normalized spacial score (nSPS) is 14.8. The van der Waals surface area contributed by atoms with Crippen molar-refractivity contribution < 1.29 is 18.7 Å². The molecule has 2 N–H and O–H groups in total. The van der Waals surface area contributed by atoms with Crippen molar-refractivity contribution >= 4 is 33.0 Å². The number of rotatable bonds is 3. The summed E-state index contributed by atoms with van der Waals surface area (Å²) < 4.78 is 16.4. The van der Waals surface area contributed by atoms with Crippen LogP contribution in [0.2, 0.25) is 0 Å². The van der Waals surface area contributed by atoms with Crippen molar-refractivity contribution in [3.8, 4) is 23.0 Å². The van der Waals surface area contributed by atoms with E-state index in [9.17, 15) is 4.79 Å². The van der Waals surface area contributed by atoms with E-state index in [1.54, 1.807) is 24.5 Å². The molecule has 0 saturated heterocycles. The molecule has 1 aromatic carbocycles. The number of ether oxygens (including phenoxy) is 2. The molecule has 6 rings (SSSR count). The second kappa shape index (κ2) is 6.60. The number of hydrogen-bond acceptors (Lipinski definition) is 7. The van der Waals surface area contributed by atoms with Crippen molar-refractivity contribution in [1.29, 1.82) is 0 Å². The number of ketones is 1. The summed E-state index contributed by atoms with van der Waals surface area (Å²) >= 11 is 1.34. The minimum atomic E-state index is -0.127. The number of anilines is 1. The largest absolute Gasteiger partial charge is 0.463 e. The number of nitrogens with zero attached hydrogens (tertiary/aromatic N) is 1. The Hall–Kier alpha value is -3.32. The lowest BCUT2D eigenvalue weighted by atomic mass is 9.88. The monoisotopic (exact) mass is 418 g/mol. The highest BCUT2D eigenvalue weighted by atomic mass is 32.1. The Kier molecular flexibility index (Phi) is 3.86. The van der Waals surface area contributed by atoms with E-state index < -0.39 is 0 Å². The highest BCUT2D eigenvalue weighted by Crippen LogP contribution is 2.43. The Balaban J connectivity index is 1.53. The van der Waals surface area contributed by atoms with Gasteiger partial charge in [0.25, 0.3) is 0 Å². The van der Waals surface area contributed by atoms with Crippen molar-refractivity contribution in [3.63, 3.8) is 0 Å². The molecule has 3 aromatic heterocycles. The van der Waals surface area contributed by atoms with Gasteiger partial charge in [0, 0.05) is 10.9 Å². The van der Waals surface area contributed by atoms with Crippen LogP contribution in [0.15, 0.2) is 41.0 Å². The number of aryl methyl sites for hydroxylation is 1. The van der Waals surface area contributed by atoms with E-state index in [1.165, 1.54) is 22.5 Å². The maximum absolute atomic E-state index is 13.3. The molecular formula is C23H18N2O4S. The summed E-state index contributed by atoms with van der Waals surface area (Å²) in [6.45, 7) is 0.170. The zero-order chi connectivity index (χ0) is 20.2. The summed E-state index contributed by atoms with van der Waals surface area (Å²) in [4.78, 5) is 19.5. The molecule has 4 heterocycles. The van der Waals surface area contributed by atoms with Crippen molar-refractivity contribution in [2.75, 3.05) is 12.5 Å². The number of benzene rings is 1. The maximum atomic E-state index is 13.3. The molecule has 6 nitrogen and oxygen atoms in total. The van der Waals surface area contributed by atoms with Crippen molar-refractivity contribution in [2.24, 2.45) is 0 Å². The van der Waals surface area contributed by atoms with Gasteiger partial charge in [-0.2, -0.15) is 0 Å². The van der Waals surface area contributed by atoms with Gasteiger partial charge in [0.1, 0.15) is 15.4 Å². The molecule has 0 radical (unpaired) electrons. The number of thiophene rings is 1. The molecule has 2 aliphatic rings. The fourth-order valence-corrected chi connectivity index (χ4v) is 5.46. The lowest BCUT2D eigenvalue weighted by Gasteiger charge is -2.19. The van der Waals surface area contributed by atoms with Crippen LogP contribution in [0.25, 0.3) is 21.7 Å². The lowest BCUT2D eigenvalue weighted by molar-refractivity contribution is 0.104. The van der Waals surface area contributed by atoms with Gasteiger partial charge in [-0.3, -0.25) is 4.79 Å². The van der Waals surface area contributed by atoms with Gasteiger partial charge >= 0.3 is 0 Å². The van der Waals surface area contributed by atoms with Crippen molar-refractivity contribution in [3.05, 3.63) is 58.2 Å². The number of aromatic nitrogens is 1. The predicted octanol–water partition coefficient (Wildman–Crippen LogP) is 4.98. The average Bonchev–Trinajstić information content (AvgIpc) is 3.52. The third-order valence-corrected chi connectivity index (χ3v) is 6.89. The van der Waals surface area contributed by atoms with Crippen LogP contribution in [-0.4, -0.2) is 17.6 Å². The van der Waals surface area contributed by atoms with E-state index in [1.807, 2.05) is 12.1 Å². The second-order valence-electron chi connectivity index (χ2n) is 7.52. The molecular weight excluding hydrogens is 400 g/mol. The molecule has 0 atom stereocenters. The van der Waals surface area contributed by atoms with Crippen molar-refractivity contribution in [2.45, 2.75) is 25.7 Å². The van der Waals surface area contributed by atoms with E-state index >= 15 is 0 Å². The summed E-state index contributed by atoms with van der Waals surface area (Å²) in [6, 6.07) is 9.02. The first kappa shape index (κ1) is 17.5. The van der Waals surface area contributed by atoms with E-state index in [2.05, 4.69) is 0 Å². The molecule has 0 fully saturated rings. The number of pyridine rings is 1. The maximum Gasteiger partial charge on any atom is 0.231 e. The third kappa shape index (κ3) is 2.55. The topological polar surface area (TPSA) is 87.6 Å². The van der Waals surface area contributed by atoms with Crippen LogP contribution in [-0.2, 0) is 12.8 Å². The lowest BCUT2D eigenvalue weighted by Crippen LogP contribution is -2.08. The first-order chi connectivity index (χ1) is 14.7. The first-order valence-corrected chi connectivity index (χ1v) is 10.7. The first-order valence-electron chi connectivity index (χ1n) is 9.92. The molecule has 0 spiro atoms. The van der Waals surface area contributed by atoms with Crippen molar-refractivity contribution in [1.82, 2.24) is 4.98 Å². The Bertz CT molecular complexity index is 1310. The molecule has 7 heteroatoms. The van der Waals surface area contributed by atoms with Crippen LogP contribution < -0.4 is 15.2 Å². The SMILES string of the molecule is Nc1c(C(=O)c2ccc3c(c2)OCO3)sc2nc(-c3ccco3)c3c(c12)CCCC3. The fraction of sp³-hybridized carbons (Fsp3) is 0.217. The van der Waals surface area contributed by atoms with Crippen LogP contribution in [0, 0.1) is 0 Å². The predicted molar refractivity (Wildman–Crippen MR) is 114 cm³/mol. The van der Waals surface area contributed by atoms with E-state index in [0.29, 0.717) is 27.6 Å². The zero-order valence-electron chi connectivity index (χ0n) is 16.1. The van der Waals surface area contributed by atoms with E-state index in [4.69, 9.17) is 24.6 Å². The van der Waals surface area contributed by atoms with Gasteiger partial charge in [0.05, 0.1) is 12.0 Å². The fourth-order valence-electron chi connectivity index (χ4n) is 4.37. The van der Waals surface area contributed by atoms with Crippen LogP contribution in [0.5, 0.6) is 11.5 Å². The van der Waals surface area contributed by atoms with Crippen LogP contribution in [0.3, 0.4) is 0 Å². The van der Waals surface area contributed by atoms with Crippen LogP contribution in [0.1, 0.15) is 39.2 Å². The number of carbonyl (C=O) groups is 1. The van der Waals surface area contributed by atoms with Crippen LogP contribution >= 0.6 is 11.3 Å². The highest BCUT2D eigenvalue weighted by molar-refractivity contribution is 7.21. The molecule has 0 bridgehead atoms. The Morgan fingerprint density at radius 3 is 2.73 bits per heavy atom. The molecule has 4 aromatic rings. The summed E-state index contributed by atoms with van der Waals surface area (Å²) in [5, 5.41) is 0.925. The van der Waals surface area contributed by atoms with Gasteiger partial charge in [-0.1, -0.05) is 0 Å².